The minimum Gasteiger partial charge on any atom is -0.387 e. The number of nitrogens with zero attached hydrogens (tertiary/aromatic N) is 2. The normalized spacial score (nSPS) is 15.5. The summed E-state index contributed by atoms with van der Waals surface area (Å²) in [5, 5.41) is 11.1. The predicted octanol–water partition coefficient (Wildman–Crippen LogP) is 1.49. The number of carbonyl (C=O) groups is 1. The number of ether oxygens (including phenoxy) is 2. The van der Waals surface area contributed by atoms with E-state index in [0.717, 1.165) is 32.7 Å². The highest BCUT2D eigenvalue weighted by Gasteiger charge is 2.18. The van der Waals surface area contributed by atoms with Gasteiger partial charge in [0.2, 0.25) is 5.91 Å². The van der Waals surface area contributed by atoms with Gasteiger partial charge in [0.15, 0.2) is 0 Å². The maximum atomic E-state index is 10.8. The van der Waals surface area contributed by atoms with Crippen molar-refractivity contribution in [2.75, 3.05) is 77.2 Å². The molecule has 0 bridgehead atoms. The lowest BCUT2D eigenvalue weighted by atomic mass is 9.87. The van der Waals surface area contributed by atoms with Crippen molar-refractivity contribution in [2.45, 2.75) is 26.2 Å². The predicted molar refractivity (Wildman–Crippen MR) is 118 cm³/mol. The Balaban J connectivity index is 0.00000450. The second-order valence-corrected chi connectivity index (χ2v) is 8.36. The van der Waals surface area contributed by atoms with Crippen LogP contribution >= 0.6 is 0 Å². The summed E-state index contributed by atoms with van der Waals surface area (Å²) in [5.74, 6) is -0.383. The number of hydrogen-bond acceptors (Lipinski definition) is 6. The first-order chi connectivity index (χ1) is 13.9. The van der Waals surface area contributed by atoms with Gasteiger partial charge in [0.05, 0.1) is 26.4 Å². The number of hydrogen-bond donors (Lipinski definition) is 2. The molecule has 0 radical (unpaired) electrons. The van der Waals surface area contributed by atoms with Crippen molar-refractivity contribution in [1.29, 1.82) is 0 Å². The Bertz CT molecular complexity index is 599. The van der Waals surface area contributed by atoms with E-state index in [2.05, 4.69) is 60.2 Å². The van der Waals surface area contributed by atoms with Gasteiger partial charge in [-0.1, -0.05) is 32.9 Å². The second-order valence-electron chi connectivity index (χ2n) is 8.36. The van der Waals surface area contributed by atoms with Crippen LogP contribution in [0.15, 0.2) is 24.3 Å². The average Bonchev–Trinajstić information content (AvgIpc) is 2.72. The molecule has 166 valence electrons. The Kier molecular flexibility index (Phi) is 9.87. The van der Waals surface area contributed by atoms with Gasteiger partial charge < -0.3 is 24.8 Å². The standard InChI is InChI=1S/C22H37N3O4.H2/c1-22(2,3)19-4-6-20(7-5-19)25-11-9-24(10-12-25)13-15-29-17-16-28-14-8-23-21(27)18-26;/h4-7,26H,8-18H2,1-3H3,(H,23,27);1H. The molecule has 0 atom stereocenters. The smallest absolute Gasteiger partial charge is 0.245 e. The van der Waals surface area contributed by atoms with Gasteiger partial charge in [-0.2, -0.15) is 0 Å². The van der Waals surface area contributed by atoms with Crippen LogP contribution in [0.4, 0.5) is 5.69 Å². The third kappa shape index (κ3) is 8.70. The highest BCUT2D eigenvalue weighted by atomic mass is 16.5. The van der Waals surface area contributed by atoms with Gasteiger partial charge in [-0.05, 0) is 23.1 Å². The Labute approximate surface area is 176 Å². The topological polar surface area (TPSA) is 74.3 Å². The van der Waals surface area contributed by atoms with E-state index in [0.29, 0.717) is 33.0 Å². The fraction of sp³-hybridized carbons (Fsp3) is 0.682. The number of piperazine rings is 1. The zero-order valence-corrected chi connectivity index (χ0v) is 18.2. The van der Waals surface area contributed by atoms with Crippen LogP contribution in [0.3, 0.4) is 0 Å². The van der Waals surface area contributed by atoms with E-state index in [-0.39, 0.29) is 12.7 Å². The van der Waals surface area contributed by atoms with Crippen LogP contribution in [0, 0.1) is 0 Å². The number of anilines is 1. The summed E-state index contributed by atoms with van der Waals surface area (Å²) in [7, 11) is 0. The number of benzene rings is 1. The molecule has 0 aromatic heterocycles. The lowest BCUT2D eigenvalue weighted by Gasteiger charge is -2.36. The van der Waals surface area contributed by atoms with Crippen LogP contribution in [0.5, 0.6) is 0 Å². The zero-order chi connectivity index (χ0) is 21.1. The molecule has 0 saturated carbocycles. The molecule has 1 aliphatic heterocycles. The maximum Gasteiger partial charge on any atom is 0.245 e. The SMILES string of the molecule is CC(C)(C)c1ccc(N2CCN(CCOCCOCCNC(=O)CO)CC2)cc1.[HH]. The molecule has 1 fully saturated rings. The van der Waals surface area contributed by atoms with Crippen LogP contribution in [0.25, 0.3) is 0 Å². The van der Waals surface area contributed by atoms with Gasteiger partial charge in [0.25, 0.3) is 0 Å². The Morgan fingerprint density at radius 3 is 2.24 bits per heavy atom. The van der Waals surface area contributed by atoms with E-state index in [9.17, 15) is 4.79 Å². The molecule has 1 heterocycles. The van der Waals surface area contributed by atoms with E-state index >= 15 is 0 Å². The Hall–Kier alpha value is -1.67. The summed E-state index contributed by atoms with van der Waals surface area (Å²) in [6, 6.07) is 8.99. The van der Waals surface area contributed by atoms with Crippen molar-refractivity contribution in [3.05, 3.63) is 29.8 Å². The highest BCUT2D eigenvalue weighted by Crippen LogP contribution is 2.25. The van der Waals surface area contributed by atoms with E-state index in [1.54, 1.807) is 0 Å². The van der Waals surface area contributed by atoms with E-state index < -0.39 is 6.61 Å². The number of aliphatic hydroxyl groups excluding tert-OH is 1. The minimum atomic E-state index is -0.485. The van der Waals surface area contributed by atoms with Gasteiger partial charge in [0.1, 0.15) is 6.61 Å². The van der Waals surface area contributed by atoms with Crippen molar-refractivity contribution in [2.24, 2.45) is 0 Å². The molecular formula is C22H39N3O4. The van der Waals surface area contributed by atoms with Crippen LogP contribution < -0.4 is 10.2 Å². The van der Waals surface area contributed by atoms with Gasteiger partial charge in [-0.25, -0.2) is 0 Å². The summed E-state index contributed by atoms with van der Waals surface area (Å²) in [4.78, 5) is 15.7. The molecule has 2 rings (SSSR count). The third-order valence-electron chi connectivity index (χ3n) is 5.11. The van der Waals surface area contributed by atoms with Crippen molar-refractivity contribution in [3.8, 4) is 0 Å². The number of amides is 1. The van der Waals surface area contributed by atoms with E-state index in [4.69, 9.17) is 14.6 Å². The van der Waals surface area contributed by atoms with Crippen molar-refractivity contribution >= 4 is 11.6 Å². The van der Waals surface area contributed by atoms with Crippen LogP contribution in [-0.4, -0.2) is 88.2 Å². The molecule has 0 unspecified atom stereocenters. The summed E-state index contributed by atoms with van der Waals surface area (Å²) >= 11 is 0. The monoisotopic (exact) mass is 409 g/mol. The molecule has 1 amide bonds. The maximum absolute atomic E-state index is 10.8. The summed E-state index contributed by atoms with van der Waals surface area (Å²) in [6.45, 7) is 13.9. The first-order valence-corrected chi connectivity index (χ1v) is 10.5. The van der Waals surface area contributed by atoms with E-state index in [1.807, 2.05) is 0 Å². The van der Waals surface area contributed by atoms with Gasteiger partial charge in [0, 0.05) is 46.4 Å². The molecule has 1 aliphatic rings. The third-order valence-corrected chi connectivity index (χ3v) is 5.11. The van der Waals surface area contributed by atoms with Crippen LogP contribution in [0.2, 0.25) is 0 Å². The highest BCUT2D eigenvalue weighted by molar-refractivity contribution is 5.76. The zero-order valence-electron chi connectivity index (χ0n) is 18.2. The molecular weight excluding hydrogens is 370 g/mol. The number of nitrogens with one attached hydrogen (secondary N) is 1. The molecule has 29 heavy (non-hydrogen) atoms. The number of aliphatic hydroxyl groups is 1. The molecule has 0 spiro atoms. The summed E-state index contributed by atoms with van der Waals surface area (Å²) in [6.07, 6.45) is 0. The Morgan fingerprint density at radius 1 is 1.03 bits per heavy atom. The van der Waals surface area contributed by atoms with Gasteiger partial charge >= 0.3 is 0 Å². The Morgan fingerprint density at radius 2 is 1.66 bits per heavy atom. The summed E-state index contributed by atoms with van der Waals surface area (Å²) < 4.78 is 11.0. The van der Waals surface area contributed by atoms with Crippen molar-refractivity contribution in [3.63, 3.8) is 0 Å². The average molecular weight is 410 g/mol. The van der Waals surface area contributed by atoms with Crippen LogP contribution in [-0.2, 0) is 19.7 Å². The summed E-state index contributed by atoms with van der Waals surface area (Å²) in [5.41, 5.74) is 2.87. The first-order valence-electron chi connectivity index (χ1n) is 10.5. The van der Waals surface area contributed by atoms with E-state index in [1.165, 1.54) is 11.3 Å². The molecule has 0 aliphatic carbocycles. The number of rotatable bonds is 11. The molecule has 7 nitrogen and oxygen atoms in total. The lowest BCUT2D eigenvalue weighted by Crippen LogP contribution is -2.47. The van der Waals surface area contributed by atoms with Crippen LogP contribution in [0.1, 0.15) is 27.8 Å². The largest absolute Gasteiger partial charge is 0.387 e. The van der Waals surface area contributed by atoms with Gasteiger partial charge in [-0.15, -0.1) is 0 Å². The van der Waals surface area contributed by atoms with Gasteiger partial charge in [-0.3, -0.25) is 9.69 Å². The second kappa shape index (κ2) is 12.1. The quantitative estimate of drug-likeness (QED) is 0.540. The molecule has 1 aromatic carbocycles. The molecule has 7 heteroatoms. The fourth-order valence-electron chi connectivity index (χ4n) is 3.24. The lowest BCUT2D eigenvalue weighted by molar-refractivity contribution is -0.124. The van der Waals surface area contributed by atoms with Crippen molar-refractivity contribution < 1.29 is 20.8 Å². The molecule has 1 aromatic rings. The number of carbonyl (C=O) groups excluding carboxylic acids is 1. The van der Waals surface area contributed by atoms with Crippen molar-refractivity contribution in [1.82, 2.24) is 10.2 Å². The molecule has 1 saturated heterocycles. The fourth-order valence-corrected chi connectivity index (χ4v) is 3.24. The minimum absolute atomic E-state index is 0. The molecule has 2 N–H and O–H groups in total. The first kappa shape index (κ1) is 23.6.